The van der Waals surface area contributed by atoms with E-state index >= 15 is 0 Å². The molecule has 3 aromatic rings. The van der Waals surface area contributed by atoms with E-state index in [0.29, 0.717) is 11.3 Å². The summed E-state index contributed by atoms with van der Waals surface area (Å²) in [7, 11) is 0. The largest absolute Gasteiger partial charge is 0.360 e. The van der Waals surface area contributed by atoms with Gasteiger partial charge in [0.05, 0.1) is 23.0 Å². The number of fused-ring (bicyclic) bond motifs is 2. The molecule has 4 heteroatoms. The molecule has 1 aromatic carbocycles. The van der Waals surface area contributed by atoms with Gasteiger partial charge in [-0.3, -0.25) is 9.78 Å². The lowest BCUT2D eigenvalue weighted by Gasteiger charge is -2.02. The van der Waals surface area contributed by atoms with Crippen LogP contribution >= 0.6 is 0 Å². The number of benzene rings is 1. The molecule has 2 aromatic heterocycles. The second-order valence-corrected chi connectivity index (χ2v) is 4.45. The Labute approximate surface area is 108 Å². The van der Waals surface area contributed by atoms with Crippen LogP contribution in [-0.2, 0) is 0 Å². The Morgan fingerprint density at radius 3 is 2.79 bits per heavy atom. The summed E-state index contributed by atoms with van der Waals surface area (Å²) in [5.41, 5.74) is 3.86. The summed E-state index contributed by atoms with van der Waals surface area (Å²) in [6.07, 6.45) is 3.63. The minimum atomic E-state index is -0.193. The van der Waals surface area contributed by atoms with Crippen molar-refractivity contribution in [1.29, 1.82) is 0 Å². The van der Waals surface area contributed by atoms with Gasteiger partial charge in [0.1, 0.15) is 5.71 Å². The van der Waals surface area contributed by atoms with Gasteiger partial charge in [0.15, 0.2) is 0 Å². The van der Waals surface area contributed by atoms with Gasteiger partial charge in [0, 0.05) is 17.1 Å². The molecule has 0 radical (unpaired) electrons. The van der Waals surface area contributed by atoms with Crippen molar-refractivity contribution in [1.82, 2.24) is 9.97 Å². The number of rotatable bonds is 1. The van der Waals surface area contributed by atoms with Crippen molar-refractivity contribution >= 4 is 22.5 Å². The molecule has 0 spiro atoms. The second kappa shape index (κ2) is 3.62. The molecule has 4 rings (SSSR count). The maximum absolute atomic E-state index is 11.8. The topological polar surface area (TPSA) is 58.1 Å². The molecule has 0 saturated carbocycles. The first kappa shape index (κ1) is 10.2. The minimum Gasteiger partial charge on any atom is -0.360 e. The first-order valence-corrected chi connectivity index (χ1v) is 5.99. The minimum absolute atomic E-state index is 0.193. The summed E-state index contributed by atoms with van der Waals surface area (Å²) in [4.78, 5) is 23.4. The van der Waals surface area contributed by atoms with E-state index in [0.717, 1.165) is 22.2 Å². The summed E-state index contributed by atoms with van der Waals surface area (Å²) in [5, 5.41) is 1.06. The van der Waals surface area contributed by atoms with Gasteiger partial charge in [0.25, 0.3) is 5.91 Å². The third kappa shape index (κ3) is 1.43. The number of nitrogens with zero attached hydrogens (tertiary/aromatic N) is 2. The molecule has 0 bridgehead atoms. The molecule has 0 saturated heterocycles. The Hall–Kier alpha value is -2.75. The van der Waals surface area contributed by atoms with E-state index in [-0.39, 0.29) is 5.91 Å². The van der Waals surface area contributed by atoms with Crippen LogP contribution in [-0.4, -0.2) is 21.6 Å². The van der Waals surface area contributed by atoms with Gasteiger partial charge in [-0.05, 0) is 18.2 Å². The average Bonchev–Trinajstić information content (AvgIpc) is 3.03. The van der Waals surface area contributed by atoms with Crippen LogP contribution < -0.4 is 0 Å². The van der Waals surface area contributed by atoms with Crippen LogP contribution in [0.3, 0.4) is 0 Å². The zero-order valence-corrected chi connectivity index (χ0v) is 9.92. The summed E-state index contributed by atoms with van der Waals surface area (Å²) in [6.45, 7) is 0. The Bertz CT molecular complexity index is 845. The van der Waals surface area contributed by atoms with E-state index in [4.69, 9.17) is 0 Å². The molecule has 0 aliphatic carbocycles. The van der Waals surface area contributed by atoms with Crippen molar-refractivity contribution in [3.63, 3.8) is 0 Å². The van der Waals surface area contributed by atoms with Crippen LogP contribution in [0.2, 0.25) is 0 Å². The number of carbonyl (C=O) groups is 1. The smallest absolute Gasteiger partial charge is 0.278 e. The standard InChI is InChI=1S/C15H9N3O/c19-15-11-4-2-1-3-10(11)14(18-15)12-7-9-5-6-16-13(9)8-17-12/h1-8,16H. The highest BCUT2D eigenvalue weighted by Crippen LogP contribution is 2.23. The predicted octanol–water partition coefficient (Wildman–Crippen LogP) is 2.55. The van der Waals surface area contributed by atoms with Crippen molar-refractivity contribution in [3.05, 3.63) is 65.6 Å². The third-order valence-electron chi connectivity index (χ3n) is 3.31. The van der Waals surface area contributed by atoms with Gasteiger partial charge in [-0.25, -0.2) is 4.99 Å². The molecule has 1 aliphatic heterocycles. The monoisotopic (exact) mass is 247 g/mol. The van der Waals surface area contributed by atoms with Crippen molar-refractivity contribution in [2.75, 3.05) is 0 Å². The van der Waals surface area contributed by atoms with E-state index in [1.54, 1.807) is 12.3 Å². The number of H-pyrrole nitrogens is 1. The molecule has 1 N–H and O–H groups in total. The highest BCUT2D eigenvalue weighted by Gasteiger charge is 2.24. The molecule has 90 valence electrons. The molecule has 4 nitrogen and oxygen atoms in total. The fourth-order valence-electron chi connectivity index (χ4n) is 2.37. The maximum Gasteiger partial charge on any atom is 0.278 e. The van der Waals surface area contributed by atoms with E-state index in [1.807, 2.05) is 36.5 Å². The fraction of sp³-hybridized carbons (Fsp3) is 0. The molecule has 0 unspecified atom stereocenters. The lowest BCUT2D eigenvalue weighted by molar-refractivity contribution is 0.101. The zero-order chi connectivity index (χ0) is 12.8. The number of aliphatic imine (C=N–C) groups is 1. The van der Waals surface area contributed by atoms with Crippen LogP contribution in [0.1, 0.15) is 21.6 Å². The summed E-state index contributed by atoms with van der Waals surface area (Å²) in [5.74, 6) is -0.193. The number of carbonyl (C=O) groups excluding carboxylic acids is 1. The van der Waals surface area contributed by atoms with Crippen LogP contribution in [0.25, 0.3) is 10.9 Å². The number of pyridine rings is 1. The van der Waals surface area contributed by atoms with E-state index in [1.165, 1.54) is 0 Å². The number of hydrogen-bond donors (Lipinski definition) is 1. The number of nitrogens with one attached hydrogen (secondary N) is 1. The normalized spacial score (nSPS) is 13.7. The zero-order valence-electron chi connectivity index (χ0n) is 9.92. The number of aromatic nitrogens is 2. The Morgan fingerprint density at radius 1 is 1.05 bits per heavy atom. The molecular weight excluding hydrogens is 238 g/mol. The summed E-state index contributed by atoms with van der Waals surface area (Å²) < 4.78 is 0. The number of hydrogen-bond acceptors (Lipinski definition) is 2. The van der Waals surface area contributed by atoms with E-state index < -0.39 is 0 Å². The van der Waals surface area contributed by atoms with E-state index in [9.17, 15) is 4.79 Å². The lowest BCUT2D eigenvalue weighted by Crippen LogP contribution is -2.03. The molecule has 0 fully saturated rings. The molecule has 3 heterocycles. The molecular formula is C15H9N3O. The Kier molecular flexibility index (Phi) is 1.94. The van der Waals surface area contributed by atoms with Crippen molar-refractivity contribution in [2.45, 2.75) is 0 Å². The van der Waals surface area contributed by atoms with Gasteiger partial charge >= 0.3 is 0 Å². The van der Waals surface area contributed by atoms with Crippen molar-refractivity contribution < 1.29 is 4.79 Å². The van der Waals surface area contributed by atoms with Gasteiger partial charge in [-0.15, -0.1) is 0 Å². The Balaban J connectivity index is 1.93. The quantitative estimate of drug-likeness (QED) is 0.718. The van der Waals surface area contributed by atoms with Gasteiger partial charge < -0.3 is 4.98 Å². The highest BCUT2D eigenvalue weighted by atomic mass is 16.1. The fourth-order valence-corrected chi connectivity index (χ4v) is 2.37. The Morgan fingerprint density at radius 2 is 1.89 bits per heavy atom. The lowest BCUT2D eigenvalue weighted by atomic mass is 10.0. The van der Waals surface area contributed by atoms with Gasteiger partial charge in [0.2, 0.25) is 0 Å². The number of aromatic amines is 1. The first-order valence-electron chi connectivity index (χ1n) is 5.99. The van der Waals surface area contributed by atoms with Crippen molar-refractivity contribution in [3.8, 4) is 0 Å². The van der Waals surface area contributed by atoms with Gasteiger partial charge in [-0.1, -0.05) is 18.2 Å². The first-order chi connectivity index (χ1) is 9.33. The average molecular weight is 247 g/mol. The van der Waals surface area contributed by atoms with Crippen molar-refractivity contribution in [2.24, 2.45) is 4.99 Å². The van der Waals surface area contributed by atoms with Gasteiger partial charge in [-0.2, -0.15) is 0 Å². The van der Waals surface area contributed by atoms with E-state index in [2.05, 4.69) is 15.0 Å². The van der Waals surface area contributed by atoms with Crippen LogP contribution in [0.5, 0.6) is 0 Å². The molecule has 0 atom stereocenters. The number of amides is 1. The van der Waals surface area contributed by atoms with Crippen LogP contribution in [0.15, 0.2) is 53.8 Å². The summed E-state index contributed by atoms with van der Waals surface area (Å²) >= 11 is 0. The second-order valence-electron chi connectivity index (χ2n) is 4.45. The summed E-state index contributed by atoms with van der Waals surface area (Å²) in [6, 6.07) is 11.4. The maximum atomic E-state index is 11.8. The molecule has 1 aliphatic rings. The highest BCUT2D eigenvalue weighted by molar-refractivity contribution is 6.27. The third-order valence-corrected chi connectivity index (χ3v) is 3.31. The SMILES string of the molecule is O=C1N=C(c2cc3cc[nH]c3cn2)c2ccccc21. The molecule has 19 heavy (non-hydrogen) atoms. The molecule has 1 amide bonds. The van der Waals surface area contributed by atoms with Crippen LogP contribution in [0, 0.1) is 0 Å². The van der Waals surface area contributed by atoms with Crippen LogP contribution in [0.4, 0.5) is 0 Å². The predicted molar refractivity (Wildman–Crippen MR) is 72.5 cm³/mol.